The van der Waals surface area contributed by atoms with Crippen molar-refractivity contribution in [3.63, 3.8) is 0 Å². The van der Waals surface area contributed by atoms with Crippen LogP contribution < -0.4 is 4.90 Å². The molecule has 0 N–H and O–H groups in total. The summed E-state index contributed by atoms with van der Waals surface area (Å²) in [6.45, 7) is 4.21. The minimum absolute atomic E-state index is 0. The molecule has 1 heterocycles. The lowest BCUT2D eigenvalue weighted by Crippen LogP contribution is -2.22. The first-order valence-electron chi connectivity index (χ1n) is 4.95. The number of benzene rings is 1. The van der Waals surface area contributed by atoms with Crippen molar-refractivity contribution >= 4 is 18.1 Å². The number of rotatable bonds is 1. The molecule has 0 fully saturated rings. The first-order valence-corrected chi connectivity index (χ1v) is 4.95. The SMILES string of the molecule is CN1C(=CN=O)C(C)(C)c2ccccc21.Cl. The van der Waals surface area contributed by atoms with Crippen LogP contribution in [-0.2, 0) is 5.41 Å². The van der Waals surface area contributed by atoms with E-state index in [1.807, 2.05) is 24.1 Å². The van der Waals surface area contributed by atoms with Gasteiger partial charge in [-0.3, -0.25) is 0 Å². The summed E-state index contributed by atoms with van der Waals surface area (Å²) >= 11 is 0. The quantitative estimate of drug-likeness (QED) is 0.702. The summed E-state index contributed by atoms with van der Waals surface area (Å²) in [5, 5.41) is 2.89. The van der Waals surface area contributed by atoms with E-state index < -0.39 is 0 Å². The average Bonchev–Trinajstić information content (AvgIpc) is 2.41. The summed E-state index contributed by atoms with van der Waals surface area (Å²) < 4.78 is 0. The van der Waals surface area contributed by atoms with Crippen LogP contribution in [0, 0.1) is 4.91 Å². The zero-order chi connectivity index (χ0) is 11.1. The van der Waals surface area contributed by atoms with Gasteiger partial charge >= 0.3 is 0 Å². The van der Waals surface area contributed by atoms with E-state index in [2.05, 4.69) is 31.2 Å². The summed E-state index contributed by atoms with van der Waals surface area (Å²) in [4.78, 5) is 12.4. The highest BCUT2D eigenvalue weighted by molar-refractivity contribution is 5.85. The van der Waals surface area contributed by atoms with Crippen molar-refractivity contribution in [1.29, 1.82) is 0 Å². The molecule has 0 spiro atoms. The molecule has 86 valence electrons. The zero-order valence-corrected chi connectivity index (χ0v) is 10.4. The fourth-order valence-electron chi connectivity index (χ4n) is 2.28. The molecule has 0 bridgehead atoms. The van der Waals surface area contributed by atoms with Gasteiger partial charge in [0.1, 0.15) is 0 Å². The van der Waals surface area contributed by atoms with E-state index in [4.69, 9.17) is 0 Å². The van der Waals surface area contributed by atoms with Crippen molar-refractivity contribution in [2.45, 2.75) is 19.3 Å². The molecule has 2 rings (SSSR count). The van der Waals surface area contributed by atoms with Crippen LogP contribution in [0.25, 0.3) is 0 Å². The minimum atomic E-state index is -0.140. The Hall–Kier alpha value is -1.35. The second kappa shape index (κ2) is 4.26. The standard InChI is InChI=1S/C12H14N2O.ClH/c1-12(2)9-6-4-5-7-10(9)14(3)11(12)8-13-15;/h4-8H,1-3H3;1H. The van der Waals surface area contributed by atoms with Gasteiger partial charge in [-0.05, 0) is 16.8 Å². The molecule has 0 unspecified atom stereocenters. The van der Waals surface area contributed by atoms with Crippen LogP contribution in [0.4, 0.5) is 5.69 Å². The minimum Gasteiger partial charge on any atom is -0.346 e. The number of likely N-dealkylation sites (N-methyl/N-ethyl adjacent to an activating group) is 1. The normalized spacial score (nSPS) is 19.2. The lowest BCUT2D eigenvalue weighted by molar-refractivity contribution is 0.638. The largest absolute Gasteiger partial charge is 0.346 e. The topological polar surface area (TPSA) is 32.7 Å². The predicted molar refractivity (Wildman–Crippen MR) is 69.0 cm³/mol. The van der Waals surface area contributed by atoms with E-state index in [1.165, 1.54) is 11.8 Å². The summed E-state index contributed by atoms with van der Waals surface area (Å²) in [5.74, 6) is 0. The van der Waals surface area contributed by atoms with Gasteiger partial charge in [-0.1, -0.05) is 32.0 Å². The lowest BCUT2D eigenvalue weighted by Gasteiger charge is -2.22. The maximum atomic E-state index is 10.4. The van der Waals surface area contributed by atoms with E-state index in [0.29, 0.717) is 0 Å². The Morgan fingerprint density at radius 1 is 1.31 bits per heavy atom. The molecule has 0 radical (unpaired) electrons. The second-order valence-electron chi connectivity index (χ2n) is 4.32. The van der Waals surface area contributed by atoms with E-state index in [0.717, 1.165) is 11.4 Å². The van der Waals surface area contributed by atoms with Crippen molar-refractivity contribution in [2.24, 2.45) is 5.18 Å². The number of hydrogen-bond donors (Lipinski definition) is 0. The fraction of sp³-hybridized carbons (Fsp3) is 0.333. The van der Waals surface area contributed by atoms with Crippen molar-refractivity contribution in [3.05, 3.63) is 46.6 Å². The molecule has 0 aromatic heterocycles. The Bertz CT molecular complexity index is 440. The summed E-state index contributed by atoms with van der Waals surface area (Å²) in [5.41, 5.74) is 3.19. The van der Waals surface area contributed by atoms with Gasteiger partial charge < -0.3 is 4.90 Å². The molecule has 1 aromatic rings. The van der Waals surface area contributed by atoms with Crippen LogP contribution in [-0.4, -0.2) is 7.05 Å². The molecule has 1 aliphatic heterocycles. The van der Waals surface area contributed by atoms with Gasteiger partial charge in [-0.25, -0.2) is 0 Å². The molecular weight excluding hydrogens is 224 g/mol. The fourth-order valence-corrected chi connectivity index (χ4v) is 2.28. The van der Waals surface area contributed by atoms with E-state index in [9.17, 15) is 4.91 Å². The van der Waals surface area contributed by atoms with E-state index in [-0.39, 0.29) is 17.8 Å². The first-order chi connectivity index (χ1) is 7.09. The smallest absolute Gasteiger partial charge is 0.0918 e. The third-order valence-electron chi connectivity index (χ3n) is 3.12. The Balaban J connectivity index is 0.00000128. The van der Waals surface area contributed by atoms with Crippen LogP contribution in [0.3, 0.4) is 0 Å². The third kappa shape index (κ3) is 1.61. The Morgan fingerprint density at radius 2 is 1.94 bits per heavy atom. The number of nitrogens with zero attached hydrogens (tertiary/aromatic N) is 2. The van der Waals surface area contributed by atoms with E-state index in [1.54, 1.807) is 0 Å². The second-order valence-corrected chi connectivity index (χ2v) is 4.32. The van der Waals surface area contributed by atoms with Gasteiger partial charge in [0.25, 0.3) is 0 Å². The van der Waals surface area contributed by atoms with Gasteiger partial charge in [0.2, 0.25) is 0 Å². The molecular formula is C12H15ClN2O. The first kappa shape index (κ1) is 12.7. The van der Waals surface area contributed by atoms with Gasteiger partial charge in [0.15, 0.2) is 0 Å². The number of allylic oxidation sites excluding steroid dienone is 1. The molecule has 4 heteroatoms. The van der Waals surface area contributed by atoms with Crippen LogP contribution >= 0.6 is 12.4 Å². The van der Waals surface area contributed by atoms with Crippen LogP contribution in [0.15, 0.2) is 41.3 Å². The molecule has 16 heavy (non-hydrogen) atoms. The number of nitroso groups, excluding NO2 is 1. The zero-order valence-electron chi connectivity index (χ0n) is 9.60. The monoisotopic (exact) mass is 238 g/mol. The molecule has 1 aliphatic rings. The Morgan fingerprint density at radius 3 is 2.50 bits per heavy atom. The molecule has 0 aliphatic carbocycles. The third-order valence-corrected chi connectivity index (χ3v) is 3.12. The average molecular weight is 239 g/mol. The molecule has 0 saturated heterocycles. The van der Waals surface area contributed by atoms with Crippen molar-refractivity contribution in [2.75, 3.05) is 11.9 Å². The highest BCUT2D eigenvalue weighted by Crippen LogP contribution is 2.46. The molecule has 0 amide bonds. The van der Waals surface area contributed by atoms with E-state index >= 15 is 0 Å². The summed E-state index contributed by atoms with van der Waals surface area (Å²) in [6.07, 6.45) is 1.40. The van der Waals surface area contributed by atoms with Crippen molar-refractivity contribution < 1.29 is 0 Å². The predicted octanol–water partition coefficient (Wildman–Crippen LogP) is 3.44. The number of anilines is 1. The van der Waals surface area contributed by atoms with Crippen molar-refractivity contribution in [3.8, 4) is 0 Å². The number of para-hydroxylation sites is 1. The van der Waals surface area contributed by atoms with Crippen LogP contribution in [0.2, 0.25) is 0 Å². The summed E-state index contributed by atoms with van der Waals surface area (Å²) in [6, 6.07) is 8.18. The van der Waals surface area contributed by atoms with Crippen LogP contribution in [0.5, 0.6) is 0 Å². The lowest BCUT2D eigenvalue weighted by atomic mass is 9.84. The highest BCUT2D eigenvalue weighted by atomic mass is 35.5. The molecule has 0 atom stereocenters. The molecule has 3 nitrogen and oxygen atoms in total. The van der Waals surface area contributed by atoms with Crippen LogP contribution in [0.1, 0.15) is 19.4 Å². The van der Waals surface area contributed by atoms with Crippen molar-refractivity contribution in [1.82, 2.24) is 0 Å². The Kier molecular flexibility index (Phi) is 3.38. The number of hydrogen-bond acceptors (Lipinski definition) is 3. The Labute approximate surface area is 102 Å². The van der Waals surface area contributed by atoms with Gasteiger partial charge in [0.05, 0.1) is 6.20 Å². The maximum Gasteiger partial charge on any atom is 0.0918 e. The number of fused-ring (bicyclic) bond motifs is 1. The maximum absolute atomic E-state index is 10.4. The molecule has 0 saturated carbocycles. The highest BCUT2D eigenvalue weighted by Gasteiger charge is 2.38. The van der Waals surface area contributed by atoms with Gasteiger partial charge in [-0.2, -0.15) is 0 Å². The number of halogens is 1. The molecule has 1 aromatic carbocycles. The van der Waals surface area contributed by atoms with Gasteiger partial charge in [-0.15, -0.1) is 17.3 Å². The summed E-state index contributed by atoms with van der Waals surface area (Å²) in [7, 11) is 1.96. The van der Waals surface area contributed by atoms with Gasteiger partial charge in [0, 0.05) is 23.8 Å².